The normalized spacial score (nSPS) is 18.4. The molecule has 2 N–H and O–H groups in total. The summed E-state index contributed by atoms with van der Waals surface area (Å²) in [5.74, 6) is -0.547. The van der Waals surface area contributed by atoms with Crippen LogP contribution in [-0.4, -0.2) is 55.5 Å². The number of nitrogens with one attached hydrogen (secondary N) is 2. The number of hydrogen-bond acceptors (Lipinski definition) is 4. The summed E-state index contributed by atoms with van der Waals surface area (Å²) in [6.45, 7) is 4.39. The first kappa shape index (κ1) is 18.9. The molecular formula is C18H25N3O4. The van der Waals surface area contributed by atoms with E-state index in [0.29, 0.717) is 13.2 Å². The lowest BCUT2D eigenvalue weighted by Gasteiger charge is -2.33. The van der Waals surface area contributed by atoms with Gasteiger partial charge in [-0.1, -0.05) is 29.8 Å². The average Bonchev–Trinajstić information content (AvgIpc) is 2.60. The van der Waals surface area contributed by atoms with Crippen LogP contribution in [0.15, 0.2) is 24.3 Å². The number of benzene rings is 1. The lowest BCUT2D eigenvalue weighted by atomic mass is 10.0. The fourth-order valence-electron chi connectivity index (χ4n) is 2.80. The molecule has 1 aromatic rings. The lowest BCUT2D eigenvalue weighted by Crippen LogP contribution is -2.51. The molecule has 7 nitrogen and oxygen atoms in total. The maximum atomic E-state index is 12.7. The molecule has 0 bridgehead atoms. The van der Waals surface area contributed by atoms with E-state index in [4.69, 9.17) is 4.74 Å². The van der Waals surface area contributed by atoms with Gasteiger partial charge < -0.3 is 20.3 Å². The molecule has 7 heteroatoms. The standard InChI is InChI=1S/C18H25N3O4/c1-12-4-6-14(7-5-12)15(20-13(2)22)10-17(23)21-8-9-25-16(11-21)18(24)19-3/h4-7,15-16H,8-11H2,1-3H3,(H,19,24)(H,20,22)/t15-,16-/m0/s1. The van der Waals surface area contributed by atoms with Crippen molar-refractivity contribution in [1.29, 1.82) is 0 Å². The van der Waals surface area contributed by atoms with E-state index < -0.39 is 12.1 Å². The Morgan fingerprint density at radius 2 is 1.96 bits per heavy atom. The van der Waals surface area contributed by atoms with E-state index in [1.165, 1.54) is 14.0 Å². The number of hydrogen-bond donors (Lipinski definition) is 2. The highest BCUT2D eigenvalue weighted by Crippen LogP contribution is 2.20. The summed E-state index contributed by atoms with van der Waals surface area (Å²) in [5, 5.41) is 5.37. The van der Waals surface area contributed by atoms with Gasteiger partial charge in [-0.3, -0.25) is 14.4 Å². The largest absolute Gasteiger partial charge is 0.365 e. The fraction of sp³-hybridized carbons (Fsp3) is 0.500. The molecule has 2 atom stereocenters. The van der Waals surface area contributed by atoms with Crippen LogP contribution in [0.2, 0.25) is 0 Å². The molecule has 25 heavy (non-hydrogen) atoms. The summed E-state index contributed by atoms with van der Waals surface area (Å²) in [7, 11) is 1.54. The Kier molecular flexibility index (Phi) is 6.52. The highest BCUT2D eigenvalue weighted by molar-refractivity contribution is 5.83. The highest BCUT2D eigenvalue weighted by Gasteiger charge is 2.30. The zero-order valence-corrected chi connectivity index (χ0v) is 14.9. The quantitative estimate of drug-likeness (QED) is 0.814. The number of carbonyl (C=O) groups is 3. The van der Waals surface area contributed by atoms with Gasteiger partial charge in [0.1, 0.15) is 0 Å². The molecule has 1 aliphatic heterocycles. The van der Waals surface area contributed by atoms with E-state index in [0.717, 1.165) is 11.1 Å². The average molecular weight is 347 g/mol. The molecule has 0 saturated carbocycles. The van der Waals surface area contributed by atoms with E-state index in [-0.39, 0.29) is 30.7 Å². The summed E-state index contributed by atoms with van der Waals surface area (Å²) < 4.78 is 5.40. The van der Waals surface area contributed by atoms with Crippen molar-refractivity contribution in [3.05, 3.63) is 35.4 Å². The van der Waals surface area contributed by atoms with Gasteiger partial charge in [-0.15, -0.1) is 0 Å². The molecule has 2 rings (SSSR count). The Morgan fingerprint density at radius 3 is 2.56 bits per heavy atom. The van der Waals surface area contributed by atoms with Crippen molar-refractivity contribution in [3.8, 4) is 0 Å². The van der Waals surface area contributed by atoms with Crippen molar-refractivity contribution >= 4 is 17.7 Å². The van der Waals surface area contributed by atoms with Crippen LogP contribution in [0.3, 0.4) is 0 Å². The second-order valence-corrected chi connectivity index (χ2v) is 6.18. The SMILES string of the molecule is CNC(=O)[C@@H]1CN(C(=O)C[C@H](NC(C)=O)c2ccc(C)cc2)CCO1. The van der Waals surface area contributed by atoms with E-state index in [2.05, 4.69) is 10.6 Å². The minimum absolute atomic E-state index is 0.114. The van der Waals surface area contributed by atoms with Crippen molar-refractivity contribution in [2.75, 3.05) is 26.7 Å². The first-order valence-corrected chi connectivity index (χ1v) is 8.35. The Labute approximate surface area is 147 Å². The van der Waals surface area contributed by atoms with Gasteiger partial charge in [0, 0.05) is 20.5 Å². The third-order valence-electron chi connectivity index (χ3n) is 4.19. The van der Waals surface area contributed by atoms with Crippen LogP contribution in [0.25, 0.3) is 0 Å². The molecule has 0 radical (unpaired) electrons. The van der Waals surface area contributed by atoms with Crippen molar-refractivity contribution < 1.29 is 19.1 Å². The van der Waals surface area contributed by atoms with Crippen LogP contribution in [0.4, 0.5) is 0 Å². The summed E-state index contributed by atoms with van der Waals surface area (Å²) >= 11 is 0. The molecule has 1 aliphatic rings. The van der Waals surface area contributed by atoms with Crippen molar-refractivity contribution in [2.24, 2.45) is 0 Å². The van der Waals surface area contributed by atoms with Gasteiger partial charge in [-0.2, -0.15) is 0 Å². The molecular weight excluding hydrogens is 322 g/mol. The van der Waals surface area contributed by atoms with Gasteiger partial charge >= 0.3 is 0 Å². The van der Waals surface area contributed by atoms with Crippen LogP contribution in [-0.2, 0) is 19.1 Å². The van der Waals surface area contributed by atoms with Gasteiger partial charge in [-0.05, 0) is 12.5 Å². The monoisotopic (exact) mass is 347 g/mol. The van der Waals surface area contributed by atoms with Crippen LogP contribution in [0.5, 0.6) is 0 Å². The van der Waals surface area contributed by atoms with E-state index in [9.17, 15) is 14.4 Å². The molecule has 1 saturated heterocycles. The van der Waals surface area contributed by atoms with Gasteiger partial charge in [0.05, 0.1) is 25.6 Å². The summed E-state index contributed by atoms with van der Waals surface area (Å²) in [5.41, 5.74) is 1.99. The second-order valence-electron chi connectivity index (χ2n) is 6.18. The van der Waals surface area contributed by atoms with Crippen LogP contribution < -0.4 is 10.6 Å². The molecule has 136 valence electrons. The number of likely N-dealkylation sites (N-methyl/N-ethyl adjacent to an activating group) is 1. The molecule has 0 spiro atoms. The first-order chi connectivity index (χ1) is 11.9. The minimum atomic E-state index is -0.652. The predicted octanol–water partition coefficient (Wildman–Crippen LogP) is 0.536. The van der Waals surface area contributed by atoms with Gasteiger partial charge in [0.15, 0.2) is 6.10 Å². The minimum Gasteiger partial charge on any atom is -0.365 e. The van der Waals surface area contributed by atoms with E-state index >= 15 is 0 Å². The Hall–Kier alpha value is -2.41. The molecule has 1 fully saturated rings. The number of aryl methyl sites for hydroxylation is 1. The second kappa shape index (κ2) is 8.62. The zero-order valence-electron chi connectivity index (χ0n) is 14.9. The smallest absolute Gasteiger partial charge is 0.250 e. The topological polar surface area (TPSA) is 87.7 Å². The number of nitrogens with zero attached hydrogens (tertiary/aromatic N) is 1. The molecule has 0 aliphatic carbocycles. The van der Waals surface area contributed by atoms with Crippen molar-refractivity contribution in [1.82, 2.24) is 15.5 Å². The van der Waals surface area contributed by atoms with E-state index in [1.54, 1.807) is 4.90 Å². The number of carbonyl (C=O) groups excluding carboxylic acids is 3. The molecule has 3 amide bonds. The Morgan fingerprint density at radius 1 is 1.28 bits per heavy atom. The summed E-state index contributed by atoms with van der Waals surface area (Å²) in [4.78, 5) is 37.5. The first-order valence-electron chi connectivity index (χ1n) is 8.35. The Bertz CT molecular complexity index is 630. The van der Waals surface area contributed by atoms with Gasteiger partial charge in [0.2, 0.25) is 11.8 Å². The highest BCUT2D eigenvalue weighted by atomic mass is 16.5. The Balaban J connectivity index is 2.07. The number of amides is 3. The predicted molar refractivity (Wildman–Crippen MR) is 92.7 cm³/mol. The van der Waals surface area contributed by atoms with Crippen LogP contribution in [0, 0.1) is 6.92 Å². The molecule has 1 heterocycles. The van der Waals surface area contributed by atoms with E-state index in [1.807, 2.05) is 31.2 Å². The fourth-order valence-corrected chi connectivity index (χ4v) is 2.80. The van der Waals surface area contributed by atoms with Crippen LogP contribution >= 0.6 is 0 Å². The van der Waals surface area contributed by atoms with Gasteiger partial charge in [-0.25, -0.2) is 0 Å². The third kappa shape index (κ3) is 5.29. The molecule has 0 unspecified atom stereocenters. The zero-order chi connectivity index (χ0) is 18.4. The van der Waals surface area contributed by atoms with Crippen LogP contribution in [0.1, 0.15) is 30.5 Å². The maximum absolute atomic E-state index is 12.7. The van der Waals surface area contributed by atoms with Crippen molar-refractivity contribution in [2.45, 2.75) is 32.4 Å². The molecule has 0 aromatic heterocycles. The third-order valence-corrected chi connectivity index (χ3v) is 4.19. The summed E-state index contributed by atoms with van der Waals surface area (Å²) in [6.07, 6.45) is -0.510. The maximum Gasteiger partial charge on any atom is 0.250 e. The lowest BCUT2D eigenvalue weighted by molar-refractivity contribution is -0.147. The number of rotatable bonds is 5. The van der Waals surface area contributed by atoms with Crippen molar-refractivity contribution in [3.63, 3.8) is 0 Å². The number of ether oxygens (including phenoxy) is 1. The summed E-state index contributed by atoms with van der Waals surface area (Å²) in [6, 6.07) is 7.33. The number of morpholine rings is 1. The molecule has 1 aromatic carbocycles. The van der Waals surface area contributed by atoms with Gasteiger partial charge in [0.25, 0.3) is 5.91 Å².